The molecule has 0 saturated carbocycles. The van der Waals surface area contributed by atoms with Gasteiger partial charge in [0.25, 0.3) is 0 Å². The van der Waals surface area contributed by atoms with Crippen LogP contribution < -0.4 is 15.5 Å². The van der Waals surface area contributed by atoms with Crippen LogP contribution in [0.15, 0.2) is 48.5 Å². The highest BCUT2D eigenvalue weighted by Gasteiger charge is 2.31. The third-order valence-electron chi connectivity index (χ3n) is 5.07. The molecule has 1 saturated heterocycles. The van der Waals surface area contributed by atoms with Gasteiger partial charge in [-0.3, -0.25) is 0 Å². The van der Waals surface area contributed by atoms with Gasteiger partial charge in [0.1, 0.15) is 0 Å². The van der Waals surface area contributed by atoms with Crippen molar-refractivity contribution in [2.24, 2.45) is 0 Å². The van der Waals surface area contributed by atoms with Crippen LogP contribution in [-0.4, -0.2) is 30.3 Å². The van der Waals surface area contributed by atoms with Crippen LogP contribution >= 0.6 is 0 Å². The number of nitrogens with one attached hydrogen (secondary N) is 2. The molecule has 0 bridgehead atoms. The van der Waals surface area contributed by atoms with Crippen LogP contribution in [0.25, 0.3) is 0 Å². The van der Waals surface area contributed by atoms with Crippen molar-refractivity contribution in [1.82, 2.24) is 5.32 Å². The van der Waals surface area contributed by atoms with Crippen LogP contribution in [0.5, 0.6) is 0 Å². The van der Waals surface area contributed by atoms with E-state index in [1.165, 1.54) is 12.8 Å². The number of urea groups is 1. The molecule has 5 heteroatoms. The molecule has 1 aliphatic carbocycles. The fourth-order valence-corrected chi connectivity index (χ4v) is 3.81. The molecular weight excluding hydrogens is 314 g/mol. The van der Waals surface area contributed by atoms with Gasteiger partial charge in [0.15, 0.2) is 0 Å². The molecule has 0 spiro atoms. The number of anilines is 2. The lowest BCUT2D eigenvalue weighted by Crippen LogP contribution is -2.36. The van der Waals surface area contributed by atoms with Crippen molar-refractivity contribution in [2.45, 2.75) is 31.4 Å². The van der Waals surface area contributed by atoms with Crippen LogP contribution in [0.2, 0.25) is 0 Å². The van der Waals surface area contributed by atoms with Crippen molar-refractivity contribution >= 4 is 17.4 Å². The average molecular weight is 337 g/mol. The fourth-order valence-electron chi connectivity index (χ4n) is 3.81. The number of carbonyl (C=O) groups is 1. The summed E-state index contributed by atoms with van der Waals surface area (Å²) >= 11 is 0. The van der Waals surface area contributed by atoms with Crippen molar-refractivity contribution in [1.29, 1.82) is 0 Å². The summed E-state index contributed by atoms with van der Waals surface area (Å²) < 4.78 is 0. The van der Waals surface area contributed by atoms with Crippen molar-refractivity contribution in [2.75, 3.05) is 23.3 Å². The number of fused-ring (bicyclic) bond motifs is 1. The van der Waals surface area contributed by atoms with Gasteiger partial charge in [-0.1, -0.05) is 30.3 Å². The van der Waals surface area contributed by atoms with Gasteiger partial charge in [-0.05, 0) is 42.2 Å². The predicted octanol–water partition coefficient (Wildman–Crippen LogP) is 3.07. The fraction of sp³-hybridized carbons (Fsp3) is 0.350. The van der Waals surface area contributed by atoms with Crippen LogP contribution in [0.3, 0.4) is 0 Å². The highest BCUT2D eigenvalue weighted by atomic mass is 16.3. The maximum atomic E-state index is 12.4. The molecule has 2 aromatic carbocycles. The Bertz CT molecular complexity index is 771. The molecule has 5 nitrogen and oxygen atoms in total. The molecule has 0 aromatic heterocycles. The minimum Gasteiger partial charge on any atom is -0.390 e. The highest BCUT2D eigenvalue weighted by molar-refractivity contribution is 5.90. The van der Waals surface area contributed by atoms with Crippen molar-refractivity contribution in [3.05, 3.63) is 59.7 Å². The number of rotatable bonds is 3. The topological polar surface area (TPSA) is 64.6 Å². The summed E-state index contributed by atoms with van der Waals surface area (Å²) in [6.45, 7) is 2.14. The number of amides is 2. The van der Waals surface area contributed by atoms with E-state index < -0.39 is 6.10 Å². The highest BCUT2D eigenvalue weighted by Crippen LogP contribution is 2.31. The predicted molar refractivity (Wildman–Crippen MR) is 98.9 cm³/mol. The zero-order chi connectivity index (χ0) is 17.2. The van der Waals surface area contributed by atoms with E-state index in [1.54, 1.807) is 0 Å². The first-order valence-electron chi connectivity index (χ1n) is 8.89. The first kappa shape index (κ1) is 16.0. The van der Waals surface area contributed by atoms with Crippen molar-refractivity contribution < 1.29 is 9.90 Å². The van der Waals surface area contributed by atoms with Crippen molar-refractivity contribution in [3.63, 3.8) is 0 Å². The standard InChI is InChI=1S/C20H23N3O2/c24-18-12-14-6-1-2-9-17(14)19(18)22-20(25)21-15-7-5-8-16(13-15)23-10-3-4-11-23/h1-2,5-9,13,18-19,24H,3-4,10-12H2,(H2,21,22,25)/t18-,19+/m0/s1. The third kappa shape index (κ3) is 3.33. The van der Waals surface area contributed by atoms with E-state index >= 15 is 0 Å². The zero-order valence-electron chi connectivity index (χ0n) is 14.1. The second kappa shape index (κ2) is 6.76. The molecule has 0 radical (unpaired) electrons. The smallest absolute Gasteiger partial charge is 0.319 e. The Morgan fingerprint density at radius 2 is 1.88 bits per heavy atom. The first-order chi connectivity index (χ1) is 12.2. The van der Waals surface area contributed by atoms with E-state index in [0.717, 1.165) is 35.6 Å². The Morgan fingerprint density at radius 1 is 1.08 bits per heavy atom. The summed E-state index contributed by atoms with van der Waals surface area (Å²) in [5.74, 6) is 0. The number of aliphatic hydroxyl groups excluding tert-OH is 1. The summed E-state index contributed by atoms with van der Waals surface area (Å²) in [6, 6.07) is 15.1. The lowest BCUT2D eigenvalue weighted by Gasteiger charge is -2.20. The summed E-state index contributed by atoms with van der Waals surface area (Å²) in [7, 11) is 0. The largest absolute Gasteiger partial charge is 0.390 e. The van der Waals surface area contributed by atoms with Crippen LogP contribution in [0.1, 0.15) is 30.0 Å². The second-order valence-electron chi connectivity index (χ2n) is 6.79. The Kier molecular flexibility index (Phi) is 4.32. The Labute approximate surface area is 147 Å². The molecular formula is C20H23N3O2. The molecule has 2 atom stereocenters. The molecule has 25 heavy (non-hydrogen) atoms. The number of hydrogen-bond acceptors (Lipinski definition) is 3. The van der Waals surface area contributed by atoms with Gasteiger partial charge < -0.3 is 20.6 Å². The molecule has 130 valence electrons. The Morgan fingerprint density at radius 3 is 2.72 bits per heavy atom. The molecule has 1 aliphatic heterocycles. The first-order valence-corrected chi connectivity index (χ1v) is 8.89. The third-order valence-corrected chi connectivity index (χ3v) is 5.07. The molecule has 0 unspecified atom stereocenters. The quantitative estimate of drug-likeness (QED) is 0.806. The second-order valence-corrected chi connectivity index (χ2v) is 6.79. The van der Waals surface area contributed by atoms with Gasteiger partial charge in [0, 0.05) is 30.9 Å². The van der Waals surface area contributed by atoms with E-state index in [4.69, 9.17) is 0 Å². The number of hydrogen-bond donors (Lipinski definition) is 3. The van der Waals surface area contributed by atoms with Crippen molar-refractivity contribution in [3.8, 4) is 0 Å². The van der Waals surface area contributed by atoms with Gasteiger partial charge >= 0.3 is 6.03 Å². The SMILES string of the molecule is O=C(Nc1cccc(N2CCCC2)c1)N[C@@H]1c2ccccc2C[C@@H]1O. The summed E-state index contributed by atoms with van der Waals surface area (Å²) in [6.07, 6.45) is 2.43. The van der Waals surface area contributed by atoms with E-state index in [0.29, 0.717) is 6.42 Å². The minimum atomic E-state index is -0.584. The van der Waals surface area contributed by atoms with Gasteiger partial charge in [0.2, 0.25) is 0 Å². The Hall–Kier alpha value is -2.53. The van der Waals surface area contributed by atoms with Gasteiger partial charge in [-0.2, -0.15) is 0 Å². The Balaban J connectivity index is 1.43. The summed E-state index contributed by atoms with van der Waals surface area (Å²) in [4.78, 5) is 14.7. The maximum absolute atomic E-state index is 12.4. The van der Waals surface area contributed by atoms with Gasteiger partial charge in [0.05, 0.1) is 12.1 Å². The van der Waals surface area contributed by atoms with E-state index in [1.807, 2.05) is 42.5 Å². The van der Waals surface area contributed by atoms with Crippen LogP contribution in [0, 0.1) is 0 Å². The number of nitrogens with zero attached hydrogens (tertiary/aromatic N) is 1. The summed E-state index contributed by atoms with van der Waals surface area (Å²) in [5.41, 5.74) is 4.00. The number of benzene rings is 2. The molecule has 2 aliphatic rings. The molecule has 4 rings (SSSR count). The molecule has 2 amide bonds. The lowest BCUT2D eigenvalue weighted by molar-refractivity contribution is 0.144. The monoisotopic (exact) mass is 337 g/mol. The van der Waals surface area contributed by atoms with Crippen LogP contribution in [0.4, 0.5) is 16.2 Å². The average Bonchev–Trinajstić information content (AvgIpc) is 3.24. The molecule has 3 N–H and O–H groups in total. The molecule has 2 aromatic rings. The van der Waals surface area contributed by atoms with E-state index in [2.05, 4.69) is 21.6 Å². The number of carbonyl (C=O) groups excluding carboxylic acids is 1. The van der Waals surface area contributed by atoms with Crippen LogP contribution in [-0.2, 0) is 6.42 Å². The zero-order valence-corrected chi connectivity index (χ0v) is 14.1. The normalized spacial score (nSPS) is 21.9. The lowest BCUT2D eigenvalue weighted by atomic mass is 10.1. The van der Waals surface area contributed by atoms with Gasteiger partial charge in [-0.25, -0.2) is 4.79 Å². The summed E-state index contributed by atoms with van der Waals surface area (Å²) in [5, 5.41) is 16.1. The minimum absolute atomic E-state index is 0.292. The molecule has 1 fully saturated rings. The van der Waals surface area contributed by atoms with E-state index in [9.17, 15) is 9.90 Å². The van der Waals surface area contributed by atoms with E-state index in [-0.39, 0.29) is 12.1 Å². The van der Waals surface area contributed by atoms with Gasteiger partial charge in [-0.15, -0.1) is 0 Å². The molecule has 1 heterocycles. The maximum Gasteiger partial charge on any atom is 0.319 e. The number of aliphatic hydroxyl groups is 1.